The molecule has 4 heteroatoms. The Morgan fingerprint density at radius 3 is 2.47 bits per heavy atom. The number of hydrogen-bond acceptors (Lipinski definition) is 3. The second-order valence-corrected chi connectivity index (χ2v) is 15.7. The molecule has 0 spiro atoms. The molecule has 0 radical (unpaired) electrons. The Bertz CT molecular complexity index is 573. The number of carbonyl (C=O) groups excluding carboxylic acids is 1. The Morgan fingerprint density at radius 2 is 1.87 bits per heavy atom. The molecule has 0 aromatic carbocycles. The van der Waals surface area contributed by atoms with Gasteiger partial charge in [0, 0.05) is 12.3 Å². The Balaban J connectivity index is 1.90. The van der Waals surface area contributed by atoms with Gasteiger partial charge in [-0.3, -0.25) is 4.79 Å². The van der Waals surface area contributed by atoms with Crippen LogP contribution >= 0.6 is 0 Å². The van der Waals surface area contributed by atoms with Crippen LogP contribution in [0.5, 0.6) is 0 Å². The molecule has 0 aromatic heterocycles. The molecular weight excluding hydrogens is 388 g/mol. The third kappa shape index (κ3) is 6.52. The van der Waals surface area contributed by atoms with Gasteiger partial charge in [-0.1, -0.05) is 52.7 Å². The van der Waals surface area contributed by atoms with Crippen LogP contribution in [0.3, 0.4) is 0 Å². The zero-order valence-electron chi connectivity index (χ0n) is 20.9. The van der Waals surface area contributed by atoms with Gasteiger partial charge in [-0.2, -0.15) is 0 Å². The van der Waals surface area contributed by atoms with Crippen molar-refractivity contribution in [1.29, 1.82) is 0 Å². The maximum Gasteiger partial charge on any atom is 0.184 e. The lowest BCUT2D eigenvalue weighted by Gasteiger charge is -2.41. The second-order valence-electron chi connectivity index (χ2n) is 11.3. The van der Waals surface area contributed by atoms with Gasteiger partial charge in [0.1, 0.15) is 5.78 Å². The van der Waals surface area contributed by atoms with Crippen LogP contribution in [0.2, 0.25) is 19.6 Å². The van der Waals surface area contributed by atoms with Crippen LogP contribution in [0.15, 0.2) is 12.2 Å². The van der Waals surface area contributed by atoms with E-state index in [1.807, 2.05) is 0 Å². The molecule has 2 saturated carbocycles. The SMILES string of the molecule is CCCC(CCC)(COC/C=C/C(C)[C@H]1CC[C@H]2C(=O)CCC[C@]12C)O[Si](C)(C)C. The highest BCUT2D eigenvalue weighted by molar-refractivity contribution is 6.69. The van der Waals surface area contributed by atoms with E-state index in [-0.39, 0.29) is 11.0 Å². The second kappa shape index (κ2) is 10.9. The molecule has 2 aliphatic carbocycles. The number of rotatable bonds is 12. The molecule has 4 atom stereocenters. The summed E-state index contributed by atoms with van der Waals surface area (Å²) in [5.74, 6) is 1.96. The first-order valence-electron chi connectivity index (χ1n) is 12.5. The minimum Gasteiger partial charge on any atom is -0.410 e. The van der Waals surface area contributed by atoms with E-state index in [2.05, 4.69) is 59.5 Å². The Morgan fingerprint density at radius 1 is 1.20 bits per heavy atom. The summed E-state index contributed by atoms with van der Waals surface area (Å²) in [6.45, 7) is 17.4. The number of allylic oxidation sites excluding steroid dienone is 1. The minimum atomic E-state index is -1.63. The van der Waals surface area contributed by atoms with Crippen LogP contribution in [0, 0.1) is 23.2 Å². The minimum absolute atomic E-state index is 0.123. The molecule has 0 amide bonds. The van der Waals surface area contributed by atoms with Gasteiger partial charge in [0.2, 0.25) is 0 Å². The van der Waals surface area contributed by atoms with Gasteiger partial charge in [0.15, 0.2) is 8.32 Å². The van der Waals surface area contributed by atoms with E-state index in [0.29, 0.717) is 36.8 Å². The molecule has 0 aromatic rings. The highest BCUT2D eigenvalue weighted by Crippen LogP contribution is 2.56. The van der Waals surface area contributed by atoms with Crippen molar-refractivity contribution in [1.82, 2.24) is 0 Å². The fourth-order valence-corrected chi connectivity index (χ4v) is 8.07. The zero-order valence-corrected chi connectivity index (χ0v) is 21.9. The number of carbonyl (C=O) groups is 1. The van der Waals surface area contributed by atoms with E-state index in [9.17, 15) is 4.79 Å². The molecule has 0 heterocycles. The van der Waals surface area contributed by atoms with Gasteiger partial charge in [0.25, 0.3) is 0 Å². The molecule has 0 aliphatic heterocycles. The standard InChI is InChI=1S/C26H48O3Si/c1-8-16-26(17-9-2,29-30(5,6)7)20-28-19-11-12-21(3)22-14-15-23-24(27)13-10-18-25(22,23)4/h11-12,21-23H,8-10,13-20H2,1-7H3/b12-11+/t21?,22-,23+,25-/m1/s1. The van der Waals surface area contributed by atoms with E-state index >= 15 is 0 Å². The van der Waals surface area contributed by atoms with Crippen molar-refractivity contribution in [3.63, 3.8) is 0 Å². The van der Waals surface area contributed by atoms with Crippen LogP contribution in [-0.4, -0.2) is 32.9 Å². The van der Waals surface area contributed by atoms with E-state index in [0.717, 1.165) is 44.9 Å². The highest BCUT2D eigenvalue weighted by Gasteiger charge is 2.51. The third-order valence-corrected chi connectivity index (χ3v) is 8.57. The van der Waals surface area contributed by atoms with Crippen molar-refractivity contribution in [3.05, 3.63) is 12.2 Å². The summed E-state index contributed by atoms with van der Waals surface area (Å²) in [6, 6.07) is 0. The molecule has 30 heavy (non-hydrogen) atoms. The van der Waals surface area contributed by atoms with Crippen molar-refractivity contribution in [2.45, 2.75) is 111 Å². The van der Waals surface area contributed by atoms with Gasteiger partial charge in [0.05, 0.1) is 18.8 Å². The Kier molecular flexibility index (Phi) is 9.39. The topological polar surface area (TPSA) is 35.5 Å². The number of fused-ring (bicyclic) bond motifs is 1. The Hall–Kier alpha value is -0.453. The average molecular weight is 437 g/mol. The predicted molar refractivity (Wildman–Crippen MR) is 129 cm³/mol. The molecule has 0 bridgehead atoms. The predicted octanol–water partition coefficient (Wildman–Crippen LogP) is 7.17. The van der Waals surface area contributed by atoms with Crippen LogP contribution in [-0.2, 0) is 14.0 Å². The lowest BCUT2D eigenvalue weighted by atomic mass is 9.62. The molecule has 1 unspecified atom stereocenters. The lowest BCUT2D eigenvalue weighted by molar-refractivity contribution is -0.129. The van der Waals surface area contributed by atoms with E-state index in [1.165, 1.54) is 12.8 Å². The van der Waals surface area contributed by atoms with Gasteiger partial charge in [-0.05, 0) is 75.4 Å². The van der Waals surface area contributed by atoms with Crippen molar-refractivity contribution in [2.75, 3.05) is 13.2 Å². The summed E-state index contributed by atoms with van der Waals surface area (Å²) in [6.07, 6.45) is 14.3. The molecule has 2 rings (SSSR count). The Labute approximate surface area is 187 Å². The first kappa shape index (κ1) is 25.8. The van der Waals surface area contributed by atoms with Gasteiger partial charge >= 0.3 is 0 Å². The van der Waals surface area contributed by atoms with Gasteiger partial charge in [-0.15, -0.1) is 0 Å². The monoisotopic (exact) mass is 436 g/mol. The zero-order chi connectivity index (χ0) is 22.4. The lowest BCUT2D eigenvalue weighted by Crippen LogP contribution is -2.46. The fourth-order valence-electron chi connectivity index (χ4n) is 6.51. The van der Waals surface area contributed by atoms with E-state index < -0.39 is 8.32 Å². The smallest absolute Gasteiger partial charge is 0.184 e. The first-order chi connectivity index (χ1) is 14.1. The van der Waals surface area contributed by atoms with Gasteiger partial charge in [-0.25, -0.2) is 0 Å². The molecule has 174 valence electrons. The molecule has 3 nitrogen and oxygen atoms in total. The van der Waals surface area contributed by atoms with E-state index in [4.69, 9.17) is 9.16 Å². The molecule has 0 saturated heterocycles. The number of ketones is 1. The average Bonchev–Trinajstić information content (AvgIpc) is 2.99. The summed E-state index contributed by atoms with van der Waals surface area (Å²) in [4.78, 5) is 12.4. The molecular formula is C26H48O3Si. The van der Waals surface area contributed by atoms with Crippen LogP contribution in [0.25, 0.3) is 0 Å². The first-order valence-corrected chi connectivity index (χ1v) is 15.9. The highest BCUT2D eigenvalue weighted by atomic mass is 28.4. The van der Waals surface area contributed by atoms with Crippen molar-refractivity contribution in [2.24, 2.45) is 23.2 Å². The summed E-state index contributed by atoms with van der Waals surface area (Å²) < 4.78 is 12.8. The fraction of sp³-hybridized carbons (Fsp3) is 0.885. The van der Waals surface area contributed by atoms with Crippen LogP contribution in [0.4, 0.5) is 0 Å². The summed E-state index contributed by atoms with van der Waals surface area (Å²) in [7, 11) is -1.63. The summed E-state index contributed by atoms with van der Waals surface area (Å²) in [5.41, 5.74) is 0.0879. The van der Waals surface area contributed by atoms with Crippen LogP contribution in [0.1, 0.15) is 85.5 Å². The van der Waals surface area contributed by atoms with Crippen molar-refractivity contribution >= 4 is 14.1 Å². The molecule has 0 N–H and O–H groups in total. The quantitative estimate of drug-likeness (QED) is 0.185. The van der Waals surface area contributed by atoms with Crippen molar-refractivity contribution < 1.29 is 14.0 Å². The summed E-state index contributed by atoms with van der Waals surface area (Å²) >= 11 is 0. The van der Waals surface area contributed by atoms with E-state index in [1.54, 1.807) is 0 Å². The molecule has 2 fully saturated rings. The summed E-state index contributed by atoms with van der Waals surface area (Å²) in [5, 5.41) is 0. The third-order valence-electron chi connectivity index (χ3n) is 7.52. The van der Waals surface area contributed by atoms with Gasteiger partial charge < -0.3 is 9.16 Å². The maximum atomic E-state index is 12.4. The normalized spacial score (nSPS) is 28.8. The largest absolute Gasteiger partial charge is 0.410 e. The number of Topliss-reactive ketones (excluding diaryl/α,β-unsaturated/α-hetero) is 1. The van der Waals surface area contributed by atoms with Crippen LogP contribution < -0.4 is 0 Å². The number of hydrogen-bond donors (Lipinski definition) is 0. The van der Waals surface area contributed by atoms with Crippen molar-refractivity contribution in [3.8, 4) is 0 Å². The maximum absolute atomic E-state index is 12.4. The molecule has 2 aliphatic rings. The number of ether oxygens (including phenoxy) is 1.